The molecule has 3 aliphatic rings. The van der Waals surface area contributed by atoms with Crippen molar-refractivity contribution in [3.05, 3.63) is 43.9 Å². The molecule has 3 rings (SSSR count). The molecule has 0 aromatic heterocycles. The SMILES string of the molecule is C/C1=C(Br)\C=C\CCC2=C(Br)CC(CC1)C(C(=O)OC(C)(C)C)=C2. The van der Waals surface area contributed by atoms with E-state index in [0.717, 1.165) is 42.2 Å². The van der Waals surface area contributed by atoms with Crippen LogP contribution in [0.25, 0.3) is 0 Å². The molecule has 132 valence electrons. The summed E-state index contributed by atoms with van der Waals surface area (Å²) < 4.78 is 8.05. The Hall–Kier alpha value is -0.610. The monoisotopic (exact) mass is 456 g/mol. The maximum atomic E-state index is 12.7. The molecule has 0 heterocycles. The molecule has 0 N–H and O–H groups in total. The molecular weight excluding hydrogens is 432 g/mol. The van der Waals surface area contributed by atoms with E-state index in [-0.39, 0.29) is 11.9 Å². The summed E-state index contributed by atoms with van der Waals surface area (Å²) in [5.41, 5.74) is 2.90. The van der Waals surface area contributed by atoms with Crippen molar-refractivity contribution in [2.45, 2.75) is 65.4 Å². The largest absolute Gasteiger partial charge is 0.457 e. The van der Waals surface area contributed by atoms with E-state index >= 15 is 0 Å². The molecule has 3 aliphatic carbocycles. The van der Waals surface area contributed by atoms with E-state index in [0.29, 0.717) is 0 Å². The summed E-state index contributed by atoms with van der Waals surface area (Å²) in [5, 5.41) is 0. The highest BCUT2D eigenvalue weighted by molar-refractivity contribution is 9.12. The van der Waals surface area contributed by atoms with Crippen LogP contribution in [0.15, 0.2) is 43.9 Å². The molecule has 1 atom stereocenters. The van der Waals surface area contributed by atoms with Gasteiger partial charge < -0.3 is 4.74 Å². The fourth-order valence-corrected chi connectivity index (χ4v) is 4.04. The Morgan fingerprint density at radius 3 is 2.62 bits per heavy atom. The van der Waals surface area contributed by atoms with Crippen LogP contribution in [0.1, 0.15) is 59.8 Å². The lowest BCUT2D eigenvalue weighted by molar-refractivity contribution is -0.150. The molecule has 1 unspecified atom stereocenters. The number of hydrogen-bond donors (Lipinski definition) is 0. The molecule has 24 heavy (non-hydrogen) atoms. The number of hydrogen-bond acceptors (Lipinski definition) is 2. The van der Waals surface area contributed by atoms with Crippen LogP contribution in [0.2, 0.25) is 0 Å². The lowest BCUT2D eigenvalue weighted by Crippen LogP contribution is -2.28. The third-order valence-corrected chi connectivity index (χ3v) is 6.07. The molecule has 0 fully saturated rings. The fourth-order valence-electron chi connectivity index (χ4n) is 2.95. The molecule has 0 amide bonds. The molecule has 0 saturated carbocycles. The van der Waals surface area contributed by atoms with Crippen LogP contribution in [-0.2, 0) is 9.53 Å². The zero-order valence-corrected chi connectivity index (χ0v) is 18.1. The number of carbonyl (C=O) groups is 1. The highest BCUT2D eigenvalue weighted by atomic mass is 79.9. The van der Waals surface area contributed by atoms with Crippen molar-refractivity contribution < 1.29 is 9.53 Å². The minimum Gasteiger partial charge on any atom is -0.457 e. The molecule has 0 spiro atoms. The highest BCUT2D eigenvalue weighted by Gasteiger charge is 2.30. The van der Waals surface area contributed by atoms with E-state index in [9.17, 15) is 4.79 Å². The van der Waals surface area contributed by atoms with Gasteiger partial charge in [0.15, 0.2) is 0 Å². The summed E-state index contributed by atoms with van der Waals surface area (Å²) in [7, 11) is 0. The second-order valence-corrected chi connectivity index (χ2v) is 9.35. The first kappa shape index (κ1) is 19.7. The van der Waals surface area contributed by atoms with Gasteiger partial charge >= 0.3 is 5.97 Å². The predicted octanol–water partition coefficient (Wildman–Crippen LogP) is 6.72. The number of halogens is 2. The first-order valence-electron chi connectivity index (χ1n) is 8.51. The second kappa shape index (κ2) is 8.18. The quantitative estimate of drug-likeness (QED) is 0.408. The summed E-state index contributed by atoms with van der Waals surface area (Å²) >= 11 is 7.40. The third kappa shape index (κ3) is 5.45. The first-order valence-corrected chi connectivity index (χ1v) is 10.1. The predicted molar refractivity (Wildman–Crippen MR) is 107 cm³/mol. The van der Waals surface area contributed by atoms with E-state index in [1.807, 2.05) is 20.8 Å². The van der Waals surface area contributed by atoms with Gasteiger partial charge in [-0.2, -0.15) is 0 Å². The van der Waals surface area contributed by atoms with Crippen molar-refractivity contribution in [1.82, 2.24) is 0 Å². The number of allylic oxidation sites excluding steroid dienone is 7. The van der Waals surface area contributed by atoms with Gasteiger partial charge in [-0.15, -0.1) is 0 Å². The van der Waals surface area contributed by atoms with Crippen molar-refractivity contribution in [2.24, 2.45) is 5.92 Å². The molecule has 0 aromatic rings. The number of fused-ring (bicyclic) bond motifs is 6. The van der Waals surface area contributed by atoms with Gasteiger partial charge in [0.25, 0.3) is 0 Å². The van der Waals surface area contributed by atoms with E-state index in [2.05, 4.69) is 57.0 Å². The summed E-state index contributed by atoms with van der Waals surface area (Å²) in [4.78, 5) is 12.7. The van der Waals surface area contributed by atoms with Crippen molar-refractivity contribution in [2.75, 3.05) is 0 Å². The van der Waals surface area contributed by atoms with Gasteiger partial charge in [-0.25, -0.2) is 4.79 Å². The Morgan fingerprint density at radius 2 is 1.96 bits per heavy atom. The van der Waals surface area contributed by atoms with Gasteiger partial charge in [0.1, 0.15) is 5.60 Å². The van der Waals surface area contributed by atoms with Crippen LogP contribution >= 0.6 is 31.9 Å². The number of rotatable bonds is 1. The van der Waals surface area contributed by atoms with E-state index in [1.165, 1.54) is 15.6 Å². The van der Waals surface area contributed by atoms with Gasteiger partial charge in [0.05, 0.1) is 0 Å². The van der Waals surface area contributed by atoms with Crippen molar-refractivity contribution in [3.8, 4) is 0 Å². The molecule has 0 aromatic carbocycles. The van der Waals surface area contributed by atoms with Crippen LogP contribution in [0.3, 0.4) is 0 Å². The normalized spacial score (nSPS) is 27.2. The van der Waals surface area contributed by atoms with E-state index in [1.54, 1.807) is 0 Å². The van der Waals surface area contributed by atoms with Crippen molar-refractivity contribution in [1.29, 1.82) is 0 Å². The average molecular weight is 458 g/mol. The summed E-state index contributed by atoms with van der Waals surface area (Å²) in [6.07, 6.45) is 11.1. The molecule has 0 radical (unpaired) electrons. The van der Waals surface area contributed by atoms with Gasteiger partial charge in [-0.05, 0) is 81.8 Å². The fraction of sp³-hybridized carbons (Fsp3) is 0.550. The Balaban J connectivity index is 2.34. The molecule has 2 bridgehead atoms. The smallest absolute Gasteiger partial charge is 0.334 e. The average Bonchev–Trinajstić information content (AvgIpc) is 2.47. The molecule has 0 aliphatic heterocycles. The summed E-state index contributed by atoms with van der Waals surface area (Å²) in [6, 6.07) is 0. The topological polar surface area (TPSA) is 26.3 Å². The standard InChI is InChI=1S/C20H26Br2O2/c1-13-9-10-14-12-18(22)15(7-5-6-8-17(13)21)11-16(14)19(23)24-20(2,3)4/h6,8,11,14H,5,7,9-10,12H2,1-4H3/b8-6+,17-13-. The zero-order valence-electron chi connectivity index (χ0n) is 14.9. The molecule has 2 nitrogen and oxygen atoms in total. The minimum atomic E-state index is -0.464. The summed E-state index contributed by atoms with van der Waals surface area (Å²) in [5.74, 6) is 0.0370. The number of esters is 1. The van der Waals surface area contributed by atoms with Crippen LogP contribution in [0, 0.1) is 5.92 Å². The molecular formula is C20H26Br2O2. The van der Waals surface area contributed by atoms with Gasteiger partial charge in [0.2, 0.25) is 0 Å². The lowest BCUT2D eigenvalue weighted by Gasteiger charge is -2.28. The zero-order chi connectivity index (χ0) is 17.9. The van der Waals surface area contributed by atoms with Crippen LogP contribution in [0.4, 0.5) is 0 Å². The van der Waals surface area contributed by atoms with Crippen LogP contribution in [-0.4, -0.2) is 11.6 Å². The second-order valence-electron chi connectivity index (χ2n) is 7.54. The lowest BCUT2D eigenvalue weighted by atomic mass is 9.83. The van der Waals surface area contributed by atoms with Gasteiger partial charge in [-0.1, -0.05) is 49.6 Å². The first-order chi connectivity index (χ1) is 11.2. The van der Waals surface area contributed by atoms with Crippen LogP contribution < -0.4 is 0 Å². The highest BCUT2D eigenvalue weighted by Crippen LogP contribution is 2.39. The molecule has 0 saturated heterocycles. The van der Waals surface area contributed by atoms with Crippen LogP contribution in [0.5, 0.6) is 0 Å². The van der Waals surface area contributed by atoms with Gasteiger partial charge in [0, 0.05) is 10.1 Å². The van der Waals surface area contributed by atoms with Gasteiger partial charge in [-0.3, -0.25) is 0 Å². The Bertz CT molecular complexity index is 631. The minimum absolute atomic E-state index is 0.168. The third-order valence-electron chi connectivity index (χ3n) is 4.30. The molecule has 4 heteroatoms. The van der Waals surface area contributed by atoms with Crippen molar-refractivity contribution in [3.63, 3.8) is 0 Å². The Kier molecular flexibility index (Phi) is 6.72. The van der Waals surface area contributed by atoms with E-state index < -0.39 is 5.60 Å². The van der Waals surface area contributed by atoms with E-state index in [4.69, 9.17) is 4.74 Å². The number of carbonyl (C=O) groups excluding carboxylic acids is 1. The number of ether oxygens (including phenoxy) is 1. The Morgan fingerprint density at radius 1 is 1.25 bits per heavy atom. The van der Waals surface area contributed by atoms with Crippen molar-refractivity contribution >= 4 is 37.8 Å². The Labute approximate surface area is 162 Å². The summed E-state index contributed by atoms with van der Waals surface area (Å²) in [6.45, 7) is 7.91. The maximum Gasteiger partial charge on any atom is 0.334 e. The maximum absolute atomic E-state index is 12.7.